The van der Waals surface area contributed by atoms with Gasteiger partial charge in [0.15, 0.2) is 5.69 Å². The van der Waals surface area contributed by atoms with E-state index >= 15 is 0 Å². The first-order valence-corrected chi connectivity index (χ1v) is 12.4. The van der Waals surface area contributed by atoms with E-state index in [1.807, 2.05) is 35.3 Å². The zero-order chi connectivity index (χ0) is 22.7. The summed E-state index contributed by atoms with van der Waals surface area (Å²) in [5.74, 6) is -0.183. The molecule has 0 aliphatic carbocycles. The minimum Gasteiger partial charge on any atom is -0.283 e. The van der Waals surface area contributed by atoms with E-state index < -0.39 is 0 Å². The van der Waals surface area contributed by atoms with Gasteiger partial charge in [-0.25, -0.2) is 9.69 Å². The predicted molar refractivity (Wildman–Crippen MR) is 134 cm³/mol. The Balaban J connectivity index is 1.86. The van der Waals surface area contributed by atoms with Gasteiger partial charge in [0.25, 0.3) is 5.91 Å². The molecule has 0 radical (unpaired) electrons. The molecule has 3 aromatic rings. The van der Waals surface area contributed by atoms with Gasteiger partial charge in [-0.2, -0.15) is 5.10 Å². The largest absolute Gasteiger partial charge is 0.286 e. The van der Waals surface area contributed by atoms with E-state index in [1.54, 1.807) is 16.8 Å². The first-order valence-electron chi connectivity index (χ1n) is 10.9. The molecule has 0 unspecified atom stereocenters. The van der Waals surface area contributed by atoms with Crippen molar-refractivity contribution < 1.29 is 4.79 Å². The normalized spacial score (nSPS) is 14.5. The molecule has 1 aliphatic rings. The number of benzene rings is 2. The molecule has 168 valence electrons. The van der Waals surface area contributed by atoms with E-state index in [0.29, 0.717) is 21.4 Å². The summed E-state index contributed by atoms with van der Waals surface area (Å²) < 4.78 is 2.76. The second kappa shape index (κ2) is 10.4. The lowest BCUT2D eigenvalue weighted by Crippen LogP contribution is -2.45. The standard InChI is InChI=1S/C24H25BrCl2N4O/c1-2-6-19-22(24(32)29-30-13-4-3-5-14-30)28-31(21-12-11-18(26)15-20(21)27)23(19)16-7-9-17(25)10-8-16/h7-12,15H,2-6,13-14H2,1H3,(H,29,32). The summed E-state index contributed by atoms with van der Waals surface area (Å²) in [6.07, 6.45) is 4.97. The van der Waals surface area contributed by atoms with E-state index in [2.05, 4.69) is 28.3 Å². The first kappa shape index (κ1) is 23.3. The van der Waals surface area contributed by atoms with Crippen LogP contribution in [-0.4, -0.2) is 33.8 Å². The van der Waals surface area contributed by atoms with Crippen LogP contribution in [0.1, 0.15) is 48.7 Å². The van der Waals surface area contributed by atoms with Gasteiger partial charge in [0.2, 0.25) is 0 Å². The van der Waals surface area contributed by atoms with Crippen LogP contribution in [0.4, 0.5) is 0 Å². The van der Waals surface area contributed by atoms with E-state index in [0.717, 1.165) is 60.1 Å². The van der Waals surface area contributed by atoms with Gasteiger partial charge >= 0.3 is 0 Å². The monoisotopic (exact) mass is 534 g/mol. The molecule has 1 fully saturated rings. The smallest absolute Gasteiger partial charge is 0.283 e. The molecule has 1 aromatic heterocycles. The molecule has 1 saturated heterocycles. The third-order valence-corrected chi connectivity index (χ3v) is 6.64. The van der Waals surface area contributed by atoms with Crippen molar-refractivity contribution in [1.29, 1.82) is 0 Å². The minimum atomic E-state index is -0.183. The van der Waals surface area contributed by atoms with Crippen molar-refractivity contribution in [2.24, 2.45) is 0 Å². The van der Waals surface area contributed by atoms with Gasteiger partial charge in [-0.15, -0.1) is 0 Å². The lowest BCUT2D eigenvalue weighted by Gasteiger charge is -2.26. The topological polar surface area (TPSA) is 50.2 Å². The van der Waals surface area contributed by atoms with Crippen LogP contribution in [0.5, 0.6) is 0 Å². The number of hydrogen-bond donors (Lipinski definition) is 1. The quantitative estimate of drug-likeness (QED) is 0.382. The number of nitrogens with zero attached hydrogens (tertiary/aromatic N) is 3. The summed E-state index contributed by atoms with van der Waals surface area (Å²) in [6, 6.07) is 13.3. The van der Waals surface area contributed by atoms with Crippen LogP contribution in [0.15, 0.2) is 46.9 Å². The molecule has 1 N–H and O–H groups in total. The number of piperidine rings is 1. The Bertz CT molecular complexity index is 1110. The van der Waals surface area contributed by atoms with E-state index in [1.165, 1.54) is 6.42 Å². The molecule has 8 heteroatoms. The Hall–Kier alpha value is -1.86. The Morgan fingerprint density at radius 2 is 1.81 bits per heavy atom. The Kier molecular flexibility index (Phi) is 7.56. The molecule has 0 spiro atoms. The molecule has 4 rings (SSSR count). The predicted octanol–water partition coefficient (Wildman–Crippen LogP) is 6.69. The Morgan fingerprint density at radius 3 is 2.47 bits per heavy atom. The third kappa shape index (κ3) is 5.04. The van der Waals surface area contributed by atoms with Crippen molar-refractivity contribution in [2.75, 3.05) is 13.1 Å². The zero-order valence-electron chi connectivity index (χ0n) is 17.9. The van der Waals surface area contributed by atoms with Crippen molar-refractivity contribution in [3.63, 3.8) is 0 Å². The highest BCUT2D eigenvalue weighted by Gasteiger charge is 2.26. The molecule has 2 aromatic carbocycles. The van der Waals surface area contributed by atoms with Crippen molar-refractivity contribution in [3.05, 3.63) is 68.2 Å². The summed E-state index contributed by atoms with van der Waals surface area (Å²) >= 11 is 16.2. The minimum absolute atomic E-state index is 0.183. The maximum absolute atomic E-state index is 13.3. The zero-order valence-corrected chi connectivity index (χ0v) is 21.0. The number of nitrogens with one attached hydrogen (secondary N) is 1. The van der Waals surface area contributed by atoms with Crippen molar-refractivity contribution in [3.8, 4) is 16.9 Å². The fourth-order valence-electron chi connectivity index (χ4n) is 4.05. The highest BCUT2D eigenvalue weighted by atomic mass is 79.9. The van der Waals surface area contributed by atoms with Crippen LogP contribution in [0, 0.1) is 0 Å². The number of amides is 1. The molecule has 0 bridgehead atoms. The van der Waals surface area contributed by atoms with E-state index in [4.69, 9.17) is 28.3 Å². The molecule has 0 saturated carbocycles. The van der Waals surface area contributed by atoms with Crippen molar-refractivity contribution in [2.45, 2.75) is 39.0 Å². The number of hydrazine groups is 1. The second-order valence-corrected chi connectivity index (χ2v) is 9.69. The molecule has 0 atom stereocenters. The van der Waals surface area contributed by atoms with Crippen LogP contribution in [-0.2, 0) is 6.42 Å². The van der Waals surface area contributed by atoms with Gasteiger partial charge in [-0.05, 0) is 49.6 Å². The summed E-state index contributed by atoms with van der Waals surface area (Å²) in [5.41, 5.74) is 6.93. The van der Waals surface area contributed by atoms with Gasteiger partial charge in [-0.3, -0.25) is 10.2 Å². The number of halogens is 3. The number of carbonyl (C=O) groups is 1. The fraction of sp³-hybridized carbons (Fsp3) is 0.333. The number of carbonyl (C=O) groups excluding carboxylic acids is 1. The lowest BCUT2D eigenvalue weighted by atomic mass is 10.0. The maximum Gasteiger partial charge on any atom is 0.286 e. The van der Waals surface area contributed by atoms with E-state index in [9.17, 15) is 4.79 Å². The highest BCUT2D eigenvalue weighted by Crippen LogP contribution is 2.34. The molecule has 2 heterocycles. The summed E-state index contributed by atoms with van der Waals surface area (Å²) in [4.78, 5) is 13.3. The van der Waals surface area contributed by atoms with Crippen LogP contribution in [0.2, 0.25) is 10.0 Å². The van der Waals surface area contributed by atoms with Gasteiger partial charge in [0.05, 0.1) is 16.4 Å². The van der Waals surface area contributed by atoms with Crippen molar-refractivity contribution >= 4 is 45.0 Å². The molecular formula is C24H25BrCl2N4O. The Morgan fingerprint density at radius 1 is 1.09 bits per heavy atom. The fourth-order valence-corrected chi connectivity index (χ4v) is 4.81. The van der Waals surface area contributed by atoms with Gasteiger partial charge in [0.1, 0.15) is 0 Å². The van der Waals surface area contributed by atoms with Crippen LogP contribution in [0.25, 0.3) is 16.9 Å². The molecule has 32 heavy (non-hydrogen) atoms. The summed E-state index contributed by atoms with van der Waals surface area (Å²) in [6.45, 7) is 3.82. The maximum atomic E-state index is 13.3. The molecule has 1 aliphatic heterocycles. The van der Waals surface area contributed by atoms with Gasteiger partial charge in [0, 0.05) is 33.7 Å². The number of rotatable bonds is 6. The highest BCUT2D eigenvalue weighted by molar-refractivity contribution is 9.10. The number of hydrogen-bond acceptors (Lipinski definition) is 3. The molecule has 1 amide bonds. The summed E-state index contributed by atoms with van der Waals surface area (Å²) in [5, 5.41) is 7.81. The lowest BCUT2D eigenvalue weighted by molar-refractivity contribution is 0.0743. The summed E-state index contributed by atoms with van der Waals surface area (Å²) in [7, 11) is 0. The van der Waals surface area contributed by atoms with E-state index in [-0.39, 0.29) is 5.91 Å². The third-order valence-electron chi connectivity index (χ3n) is 5.57. The molecular weight excluding hydrogens is 511 g/mol. The Labute approximate surface area is 206 Å². The first-order chi connectivity index (χ1) is 15.5. The average molecular weight is 536 g/mol. The molecule has 5 nitrogen and oxygen atoms in total. The SMILES string of the molecule is CCCc1c(C(=O)NN2CCCCC2)nn(-c2ccc(Cl)cc2Cl)c1-c1ccc(Br)cc1. The van der Waals surface area contributed by atoms with Crippen LogP contribution >= 0.6 is 39.1 Å². The van der Waals surface area contributed by atoms with Gasteiger partial charge in [-0.1, -0.05) is 71.0 Å². The average Bonchev–Trinajstić information content (AvgIpc) is 3.14. The van der Waals surface area contributed by atoms with Crippen LogP contribution < -0.4 is 5.43 Å². The second-order valence-electron chi connectivity index (χ2n) is 7.93. The van der Waals surface area contributed by atoms with Gasteiger partial charge < -0.3 is 0 Å². The van der Waals surface area contributed by atoms with Crippen molar-refractivity contribution in [1.82, 2.24) is 20.2 Å². The van der Waals surface area contributed by atoms with Crippen LogP contribution in [0.3, 0.4) is 0 Å². The number of aromatic nitrogens is 2.